The number of amides is 2. The van der Waals surface area contributed by atoms with Crippen molar-refractivity contribution in [3.05, 3.63) is 80.1 Å². The predicted molar refractivity (Wildman–Crippen MR) is 157 cm³/mol. The Morgan fingerprint density at radius 3 is 2.44 bits per heavy atom. The topological polar surface area (TPSA) is 87.5 Å². The van der Waals surface area contributed by atoms with E-state index < -0.39 is 0 Å². The minimum Gasteiger partial charge on any atom is -0.450 e. The van der Waals surface area contributed by atoms with Crippen molar-refractivity contribution in [1.82, 2.24) is 19.2 Å². The summed E-state index contributed by atoms with van der Waals surface area (Å²) < 4.78 is 7.09. The van der Waals surface area contributed by atoms with Crippen LogP contribution in [0, 0.1) is 13.8 Å². The second-order valence-corrected chi connectivity index (χ2v) is 11.2. The number of thioether (sulfide) groups is 1. The van der Waals surface area contributed by atoms with Crippen molar-refractivity contribution in [3.63, 3.8) is 0 Å². The molecule has 11 heteroatoms. The standard InChI is InChI=1S/C28H29N5O4S2/c1-4-37-27(36)31-13-11-30(12-14-31)24-21(25(34)32-16-19(3)7-10-23(32)29-24)15-22-26(35)33(28(38)39-22)17-20-8-5-18(2)6-9-20/h5-10,15-16H,4,11-14,17H2,1-3H3/b22-15+. The molecule has 1 aromatic carbocycles. The molecule has 39 heavy (non-hydrogen) atoms. The Kier molecular flexibility index (Phi) is 7.72. The highest BCUT2D eigenvalue weighted by Gasteiger charge is 2.33. The Balaban J connectivity index is 1.50. The monoisotopic (exact) mass is 563 g/mol. The Bertz CT molecular complexity index is 1540. The van der Waals surface area contributed by atoms with Gasteiger partial charge in [0.2, 0.25) is 0 Å². The first-order valence-electron chi connectivity index (χ1n) is 12.8. The number of ether oxygens (including phenoxy) is 1. The molecular formula is C28H29N5O4S2. The number of piperazine rings is 1. The van der Waals surface area contributed by atoms with Crippen molar-refractivity contribution in [2.45, 2.75) is 27.3 Å². The number of benzene rings is 1. The number of hydrogen-bond donors (Lipinski definition) is 0. The fraction of sp³-hybridized carbons (Fsp3) is 0.321. The summed E-state index contributed by atoms with van der Waals surface area (Å²) in [4.78, 5) is 49.8. The molecule has 0 radical (unpaired) electrons. The zero-order chi connectivity index (χ0) is 27.7. The molecule has 0 saturated carbocycles. The lowest BCUT2D eigenvalue weighted by molar-refractivity contribution is -0.122. The van der Waals surface area contributed by atoms with Crippen molar-refractivity contribution in [1.29, 1.82) is 0 Å². The highest BCUT2D eigenvalue weighted by molar-refractivity contribution is 8.26. The van der Waals surface area contributed by atoms with E-state index in [9.17, 15) is 14.4 Å². The van der Waals surface area contributed by atoms with E-state index in [-0.39, 0.29) is 17.6 Å². The van der Waals surface area contributed by atoms with Gasteiger partial charge < -0.3 is 14.5 Å². The first kappa shape index (κ1) is 26.9. The van der Waals surface area contributed by atoms with Crippen LogP contribution in [-0.2, 0) is 16.1 Å². The van der Waals surface area contributed by atoms with Gasteiger partial charge in [0.25, 0.3) is 11.5 Å². The summed E-state index contributed by atoms with van der Waals surface area (Å²) in [6.07, 6.45) is 3.01. The average molecular weight is 564 g/mol. The number of thiocarbonyl (C=S) groups is 1. The van der Waals surface area contributed by atoms with Gasteiger partial charge in [-0.2, -0.15) is 0 Å². The zero-order valence-corrected chi connectivity index (χ0v) is 23.7. The molecule has 4 heterocycles. The number of rotatable bonds is 5. The van der Waals surface area contributed by atoms with Crippen LogP contribution in [0.15, 0.2) is 52.3 Å². The predicted octanol–water partition coefficient (Wildman–Crippen LogP) is 3.99. The molecule has 2 fully saturated rings. The van der Waals surface area contributed by atoms with Gasteiger partial charge in [-0.1, -0.05) is 59.9 Å². The van der Waals surface area contributed by atoms with E-state index in [0.717, 1.165) is 16.7 Å². The van der Waals surface area contributed by atoms with Gasteiger partial charge in [-0.05, 0) is 44.0 Å². The Morgan fingerprint density at radius 1 is 1.05 bits per heavy atom. The third kappa shape index (κ3) is 5.55. The zero-order valence-electron chi connectivity index (χ0n) is 22.0. The second-order valence-electron chi connectivity index (χ2n) is 9.52. The van der Waals surface area contributed by atoms with Gasteiger partial charge in [-0.15, -0.1) is 0 Å². The Morgan fingerprint density at radius 2 is 1.74 bits per heavy atom. The van der Waals surface area contributed by atoms with Crippen LogP contribution in [0.2, 0.25) is 0 Å². The fourth-order valence-electron chi connectivity index (χ4n) is 4.57. The SMILES string of the molecule is CCOC(=O)N1CCN(c2nc3ccc(C)cn3c(=O)c2/C=C2/SC(=S)N(Cc3ccc(C)cc3)C2=O)CC1. The van der Waals surface area contributed by atoms with Gasteiger partial charge in [-0.3, -0.25) is 18.9 Å². The molecule has 2 aliphatic heterocycles. The average Bonchev–Trinajstić information content (AvgIpc) is 3.19. The Labute approximate surface area is 236 Å². The van der Waals surface area contributed by atoms with Gasteiger partial charge in [0.1, 0.15) is 15.8 Å². The van der Waals surface area contributed by atoms with Gasteiger partial charge in [0.15, 0.2) is 0 Å². The molecule has 0 aliphatic carbocycles. The number of hydrogen-bond acceptors (Lipinski definition) is 8. The maximum Gasteiger partial charge on any atom is 0.409 e. The third-order valence-corrected chi connectivity index (χ3v) is 8.08. The molecule has 5 rings (SSSR count). The number of aryl methyl sites for hydroxylation is 2. The number of carbonyl (C=O) groups excluding carboxylic acids is 2. The highest BCUT2D eigenvalue weighted by atomic mass is 32.2. The lowest BCUT2D eigenvalue weighted by atomic mass is 10.1. The van der Waals surface area contributed by atoms with Crippen LogP contribution in [0.1, 0.15) is 29.2 Å². The van der Waals surface area contributed by atoms with Crippen LogP contribution < -0.4 is 10.5 Å². The molecule has 9 nitrogen and oxygen atoms in total. The Hall–Kier alpha value is -3.70. The van der Waals surface area contributed by atoms with Gasteiger partial charge in [0.05, 0.1) is 23.6 Å². The molecule has 0 bridgehead atoms. The normalized spacial score (nSPS) is 17.0. The van der Waals surface area contributed by atoms with Crippen molar-refractivity contribution in [3.8, 4) is 0 Å². The van der Waals surface area contributed by atoms with E-state index in [1.165, 1.54) is 16.2 Å². The second kappa shape index (κ2) is 11.2. The van der Waals surface area contributed by atoms with Crippen LogP contribution in [0.4, 0.5) is 10.6 Å². The maximum atomic E-state index is 13.8. The van der Waals surface area contributed by atoms with Gasteiger partial charge in [0, 0.05) is 32.4 Å². The number of fused-ring (bicyclic) bond motifs is 1. The molecule has 202 valence electrons. The van der Waals surface area contributed by atoms with Crippen molar-refractivity contribution >= 4 is 57.8 Å². The van der Waals surface area contributed by atoms with Crippen molar-refractivity contribution < 1.29 is 14.3 Å². The number of aromatic nitrogens is 2. The third-order valence-electron chi connectivity index (χ3n) is 6.70. The first-order chi connectivity index (χ1) is 18.7. The van der Waals surface area contributed by atoms with Crippen LogP contribution in [0.25, 0.3) is 11.7 Å². The van der Waals surface area contributed by atoms with Gasteiger partial charge in [-0.25, -0.2) is 9.78 Å². The number of pyridine rings is 1. The summed E-state index contributed by atoms with van der Waals surface area (Å²) >= 11 is 6.73. The van der Waals surface area contributed by atoms with E-state index in [0.29, 0.717) is 65.6 Å². The van der Waals surface area contributed by atoms with Crippen molar-refractivity contribution in [2.75, 3.05) is 37.7 Å². The smallest absolute Gasteiger partial charge is 0.409 e. The summed E-state index contributed by atoms with van der Waals surface area (Å²) in [6.45, 7) is 8.19. The van der Waals surface area contributed by atoms with Crippen LogP contribution in [-0.4, -0.2) is 68.3 Å². The molecule has 3 aromatic rings. The summed E-state index contributed by atoms with van der Waals surface area (Å²) in [5.74, 6) is 0.244. The largest absolute Gasteiger partial charge is 0.450 e. The minimum absolute atomic E-state index is 0.239. The van der Waals surface area contributed by atoms with E-state index in [1.807, 2.05) is 49.1 Å². The van der Waals surface area contributed by atoms with Gasteiger partial charge >= 0.3 is 6.09 Å². The molecule has 0 N–H and O–H groups in total. The fourth-order valence-corrected chi connectivity index (χ4v) is 5.81. The van der Waals surface area contributed by atoms with E-state index >= 15 is 0 Å². The van der Waals surface area contributed by atoms with Crippen LogP contribution >= 0.6 is 24.0 Å². The highest BCUT2D eigenvalue weighted by Crippen LogP contribution is 2.34. The molecule has 2 saturated heterocycles. The summed E-state index contributed by atoms with van der Waals surface area (Å²) in [6, 6.07) is 11.7. The van der Waals surface area contributed by atoms with E-state index in [4.69, 9.17) is 21.9 Å². The molecule has 2 amide bonds. The minimum atomic E-state index is -0.350. The quantitative estimate of drug-likeness (QED) is 0.340. The number of anilines is 1. The molecular weight excluding hydrogens is 534 g/mol. The summed E-state index contributed by atoms with van der Waals surface area (Å²) in [5, 5.41) is 0. The van der Waals surface area contributed by atoms with E-state index in [1.54, 1.807) is 35.1 Å². The summed E-state index contributed by atoms with van der Waals surface area (Å²) in [5.41, 5.74) is 3.59. The van der Waals surface area contributed by atoms with Crippen LogP contribution in [0.5, 0.6) is 0 Å². The lowest BCUT2D eigenvalue weighted by Gasteiger charge is -2.35. The molecule has 0 unspecified atom stereocenters. The molecule has 0 spiro atoms. The van der Waals surface area contributed by atoms with Crippen molar-refractivity contribution in [2.24, 2.45) is 0 Å². The number of carbonyl (C=O) groups is 2. The molecule has 2 aromatic heterocycles. The molecule has 2 aliphatic rings. The number of nitrogens with zero attached hydrogens (tertiary/aromatic N) is 5. The van der Waals surface area contributed by atoms with Crippen LogP contribution in [0.3, 0.4) is 0 Å². The first-order valence-corrected chi connectivity index (χ1v) is 14.0. The molecule has 0 atom stereocenters. The summed E-state index contributed by atoms with van der Waals surface area (Å²) in [7, 11) is 0. The van der Waals surface area contributed by atoms with E-state index in [2.05, 4.69) is 0 Å². The lowest BCUT2D eigenvalue weighted by Crippen LogP contribution is -2.49. The maximum absolute atomic E-state index is 13.8.